The molecule has 1 aromatic rings. The monoisotopic (exact) mass is 194 g/mol. The molecule has 0 spiro atoms. The number of rotatable bonds is 6. The maximum atomic E-state index is 9.72. The van der Waals surface area contributed by atoms with E-state index in [1.54, 1.807) is 12.4 Å². The van der Waals surface area contributed by atoms with Crippen molar-refractivity contribution < 1.29 is 5.11 Å². The molecule has 0 aliphatic carbocycles. The van der Waals surface area contributed by atoms with Gasteiger partial charge in [-0.2, -0.15) is 0 Å². The van der Waals surface area contributed by atoms with Crippen molar-refractivity contribution in [2.75, 3.05) is 13.1 Å². The van der Waals surface area contributed by atoms with Crippen molar-refractivity contribution in [1.82, 2.24) is 10.3 Å². The number of aliphatic hydroxyl groups is 1. The molecule has 1 atom stereocenters. The van der Waals surface area contributed by atoms with E-state index in [2.05, 4.69) is 17.2 Å². The second kappa shape index (κ2) is 6.51. The summed E-state index contributed by atoms with van der Waals surface area (Å²) in [6, 6.07) is 3.73. The van der Waals surface area contributed by atoms with Gasteiger partial charge >= 0.3 is 0 Å². The molecule has 1 aromatic heterocycles. The van der Waals surface area contributed by atoms with Crippen molar-refractivity contribution in [2.24, 2.45) is 0 Å². The van der Waals surface area contributed by atoms with Gasteiger partial charge in [-0.05, 0) is 19.0 Å². The molecule has 0 aliphatic heterocycles. The Hall–Kier alpha value is -0.930. The maximum absolute atomic E-state index is 9.72. The number of nitrogens with zero attached hydrogens (tertiary/aromatic N) is 1. The van der Waals surface area contributed by atoms with E-state index in [4.69, 9.17) is 0 Å². The lowest BCUT2D eigenvalue weighted by Crippen LogP contribution is -2.22. The first kappa shape index (κ1) is 11.1. The van der Waals surface area contributed by atoms with Crippen molar-refractivity contribution >= 4 is 0 Å². The summed E-state index contributed by atoms with van der Waals surface area (Å²) in [5.41, 5.74) is 0.872. The van der Waals surface area contributed by atoms with Crippen LogP contribution >= 0.6 is 0 Å². The Labute approximate surface area is 85.2 Å². The van der Waals surface area contributed by atoms with Crippen LogP contribution in [0.2, 0.25) is 0 Å². The van der Waals surface area contributed by atoms with Crippen molar-refractivity contribution in [1.29, 1.82) is 0 Å². The first-order valence-electron chi connectivity index (χ1n) is 5.13. The first-order valence-corrected chi connectivity index (χ1v) is 5.13. The third kappa shape index (κ3) is 3.85. The molecule has 3 nitrogen and oxygen atoms in total. The van der Waals surface area contributed by atoms with Crippen LogP contribution in [0.15, 0.2) is 24.5 Å². The Morgan fingerprint density at radius 1 is 1.57 bits per heavy atom. The second-order valence-electron chi connectivity index (χ2n) is 3.36. The molecule has 2 N–H and O–H groups in total. The lowest BCUT2D eigenvalue weighted by Gasteiger charge is -2.11. The molecule has 0 aliphatic rings. The van der Waals surface area contributed by atoms with Crippen molar-refractivity contribution in [3.8, 4) is 0 Å². The van der Waals surface area contributed by atoms with Crippen molar-refractivity contribution in [2.45, 2.75) is 25.9 Å². The summed E-state index contributed by atoms with van der Waals surface area (Å²) < 4.78 is 0. The number of hydrogen-bond donors (Lipinski definition) is 2. The van der Waals surface area contributed by atoms with Gasteiger partial charge in [0.25, 0.3) is 0 Å². The SMILES string of the molecule is CCCCNCC(O)c1cccnc1. The fourth-order valence-electron chi connectivity index (χ4n) is 1.23. The molecule has 0 radical (unpaired) electrons. The highest BCUT2D eigenvalue weighted by Crippen LogP contribution is 2.08. The maximum Gasteiger partial charge on any atom is 0.0929 e. The predicted octanol–water partition coefficient (Wildman–Crippen LogP) is 1.50. The second-order valence-corrected chi connectivity index (χ2v) is 3.36. The summed E-state index contributed by atoms with van der Waals surface area (Å²) in [5, 5.41) is 12.9. The van der Waals surface area contributed by atoms with Crippen LogP contribution in [-0.2, 0) is 0 Å². The van der Waals surface area contributed by atoms with Gasteiger partial charge in [-0.25, -0.2) is 0 Å². The first-order chi connectivity index (χ1) is 6.84. The molecule has 0 aromatic carbocycles. The fourth-order valence-corrected chi connectivity index (χ4v) is 1.23. The van der Waals surface area contributed by atoms with Gasteiger partial charge in [0.1, 0.15) is 0 Å². The highest BCUT2D eigenvalue weighted by atomic mass is 16.3. The summed E-state index contributed by atoms with van der Waals surface area (Å²) in [6.07, 6.45) is 5.29. The van der Waals surface area contributed by atoms with E-state index >= 15 is 0 Å². The highest BCUT2D eigenvalue weighted by molar-refractivity contribution is 5.11. The number of aromatic nitrogens is 1. The average molecular weight is 194 g/mol. The van der Waals surface area contributed by atoms with Gasteiger partial charge in [-0.15, -0.1) is 0 Å². The molecule has 1 rings (SSSR count). The van der Waals surface area contributed by atoms with Gasteiger partial charge < -0.3 is 10.4 Å². The summed E-state index contributed by atoms with van der Waals surface area (Å²) >= 11 is 0. The molecular weight excluding hydrogens is 176 g/mol. The Balaban J connectivity index is 2.25. The molecule has 1 unspecified atom stereocenters. The number of pyridine rings is 1. The molecule has 0 saturated heterocycles. The topological polar surface area (TPSA) is 45.1 Å². The molecule has 1 heterocycles. The van der Waals surface area contributed by atoms with E-state index in [0.717, 1.165) is 18.5 Å². The highest BCUT2D eigenvalue weighted by Gasteiger charge is 2.05. The number of unbranched alkanes of at least 4 members (excludes halogenated alkanes) is 1. The Kier molecular flexibility index (Phi) is 5.19. The third-order valence-electron chi connectivity index (χ3n) is 2.11. The van der Waals surface area contributed by atoms with E-state index in [9.17, 15) is 5.11 Å². The van der Waals surface area contributed by atoms with Gasteiger partial charge in [-0.1, -0.05) is 19.4 Å². The third-order valence-corrected chi connectivity index (χ3v) is 2.11. The van der Waals surface area contributed by atoms with Crippen LogP contribution in [0.3, 0.4) is 0 Å². The van der Waals surface area contributed by atoms with Gasteiger partial charge in [0, 0.05) is 24.5 Å². The standard InChI is InChI=1S/C11H18N2O/c1-2-3-6-13-9-11(14)10-5-4-7-12-8-10/h4-5,7-8,11,13-14H,2-3,6,9H2,1H3. The van der Waals surface area contributed by atoms with Crippen LogP contribution in [0.1, 0.15) is 31.4 Å². The van der Waals surface area contributed by atoms with Crippen molar-refractivity contribution in [3.63, 3.8) is 0 Å². The zero-order chi connectivity index (χ0) is 10.2. The predicted molar refractivity (Wildman–Crippen MR) is 57.0 cm³/mol. The number of aliphatic hydroxyl groups excluding tert-OH is 1. The summed E-state index contributed by atoms with van der Waals surface area (Å²) in [6.45, 7) is 3.72. The molecule has 0 fully saturated rings. The fraction of sp³-hybridized carbons (Fsp3) is 0.545. The zero-order valence-electron chi connectivity index (χ0n) is 8.61. The van der Waals surface area contributed by atoms with Gasteiger partial charge in [0.15, 0.2) is 0 Å². The summed E-state index contributed by atoms with van der Waals surface area (Å²) in [7, 11) is 0. The van der Waals surface area contributed by atoms with E-state index in [1.165, 1.54) is 6.42 Å². The van der Waals surface area contributed by atoms with Crippen LogP contribution in [-0.4, -0.2) is 23.2 Å². The quantitative estimate of drug-likeness (QED) is 0.675. The number of nitrogens with one attached hydrogen (secondary N) is 1. The minimum Gasteiger partial charge on any atom is -0.387 e. The van der Waals surface area contributed by atoms with Gasteiger partial charge in [0.05, 0.1) is 6.10 Å². The zero-order valence-corrected chi connectivity index (χ0v) is 8.61. The van der Waals surface area contributed by atoms with Gasteiger partial charge in [-0.3, -0.25) is 4.98 Å². The van der Waals surface area contributed by atoms with Crippen LogP contribution in [0.5, 0.6) is 0 Å². The van der Waals surface area contributed by atoms with E-state index in [-0.39, 0.29) is 0 Å². The average Bonchev–Trinajstić information content (AvgIpc) is 2.25. The minimum atomic E-state index is -0.444. The van der Waals surface area contributed by atoms with Crippen LogP contribution < -0.4 is 5.32 Å². The van der Waals surface area contributed by atoms with Crippen LogP contribution in [0.4, 0.5) is 0 Å². The molecule has 78 valence electrons. The summed E-state index contributed by atoms with van der Waals surface area (Å²) in [5.74, 6) is 0. The van der Waals surface area contributed by atoms with Crippen LogP contribution in [0, 0.1) is 0 Å². The summed E-state index contributed by atoms with van der Waals surface area (Å²) in [4.78, 5) is 3.96. The van der Waals surface area contributed by atoms with E-state index in [0.29, 0.717) is 6.54 Å². The smallest absolute Gasteiger partial charge is 0.0929 e. The Morgan fingerprint density at radius 2 is 2.43 bits per heavy atom. The molecular formula is C11H18N2O. The molecule has 0 bridgehead atoms. The minimum absolute atomic E-state index is 0.444. The van der Waals surface area contributed by atoms with E-state index in [1.807, 2.05) is 12.1 Å². The van der Waals surface area contributed by atoms with Crippen molar-refractivity contribution in [3.05, 3.63) is 30.1 Å². The van der Waals surface area contributed by atoms with Gasteiger partial charge in [0.2, 0.25) is 0 Å². The Bertz CT molecular complexity index is 238. The normalized spacial score (nSPS) is 12.7. The Morgan fingerprint density at radius 3 is 3.07 bits per heavy atom. The van der Waals surface area contributed by atoms with Crippen LogP contribution in [0.25, 0.3) is 0 Å². The lowest BCUT2D eigenvalue weighted by atomic mass is 10.1. The lowest BCUT2D eigenvalue weighted by molar-refractivity contribution is 0.174. The molecule has 14 heavy (non-hydrogen) atoms. The number of hydrogen-bond acceptors (Lipinski definition) is 3. The molecule has 3 heteroatoms. The largest absolute Gasteiger partial charge is 0.387 e. The van der Waals surface area contributed by atoms with E-state index < -0.39 is 6.10 Å². The molecule has 0 saturated carbocycles. The molecule has 0 amide bonds.